The Kier molecular flexibility index (Phi) is 7.26. The standard InChI is InChI=1S/C50H41N3/c1-4-18-34(49-51-46-39-26-11-9-23-36(39)37-24-10-12-27-40(37)48(46)52(49)35-21-7-5-6-8-22-35)20-17-19-33-31-41-38-25-13-15-29-44(38)53-45-30-16-14-28-42(45)50(2,3)43(32-33)47(41)53/h4-5,7,9-21,23-32H,6,8,22H2,1-3H3/b18-4-,19-17+,34-20+. The minimum atomic E-state index is -0.147. The third-order valence-corrected chi connectivity index (χ3v) is 11.5. The van der Waals surface area contributed by atoms with Crippen LogP contribution in [0.15, 0.2) is 152 Å². The highest BCUT2D eigenvalue weighted by molar-refractivity contribution is 6.24. The fraction of sp³-hybridized carbons (Fsp3) is 0.140. The normalized spacial score (nSPS) is 15.8. The molecule has 1 aliphatic heterocycles. The largest absolute Gasteiger partial charge is 0.309 e. The molecule has 2 aromatic heterocycles. The summed E-state index contributed by atoms with van der Waals surface area (Å²) in [6.07, 6.45) is 21.0. The van der Waals surface area contributed by atoms with Crippen molar-refractivity contribution in [3.8, 4) is 5.69 Å². The molecule has 0 spiro atoms. The smallest absolute Gasteiger partial charge is 0.145 e. The van der Waals surface area contributed by atoms with Gasteiger partial charge in [-0.05, 0) is 84.0 Å². The van der Waals surface area contributed by atoms with Gasteiger partial charge in [-0.15, -0.1) is 0 Å². The number of imidazole rings is 1. The number of nitrogens with zero attached hydrogens (tertiary/aromatic N) is 3. The second-order valence-electron chi connectivity index (χ2n) is 15.0. The second-order valence-corrected chi connectivity index (χ2v) is 15.0. The van der Waals surface area contributed by atoms with Crippen LogP contribution in [0.4, 0.5) is 0 Å². The Balaban J connectivity index is 1.18. The number of aromatic nitrogens is 3. The first-order valence-corrected chi connectivity index (χ1v) is 18.9. The molecule has 0 saturated heterocycles. The molecule has 8 aromatic rings. The van der Waals surface area contributed by atoms with Crippen LogP contribution < -0.4 is 0 Å². The van der Waals surface area contributed by atoms with Crippen LogP contribution in [0.1, 0.15) is 62.5 Å². The van der Waals surface area contributed by atoms with Crippen LogP contribution in [0.2, 0.25) is 0 Å². The van der Waals surface area contributed by atoms with Gasteiger partial charge in [0.25, 0.3) is 0 Å². The van der Waals surface area contributed by atoms with Gasteiger partial charge in [0.05, 0.1) is 27.8 Å². The topological polar surface area (TPSA) is 22.8 Å². The quantitative estimate of drug-likeness (QED) is 0.131. The van der Waals surface area contributed by atoms with Gasteiger partial charge >= 0.3 is 0 Å². The highest BCUT2D eigenvalue weighted by Gasteiger charge is 2.35. The molecule has 10 rings (SSSR count). The average Bonchev–Trinajstić information content (AvgIpc) is 3.62. The lowest BCUT2D eigenvalue weighted by molar-refractivity contribution is 0.630. The number of fused-ring (bicyclic) bond motifs is 11. The minimum absolute atomic E-state index is 0.147. The van der Waals surface area contributed by atoms with E-state index in [9.17, 15) is 0 Å². The number of para-hydroxylation sites is 2. The Bertz CT molecular complexity index is 2950. The van der Waals surface area contributed by atoms with Crippen molar-refractivity contribution in [2.75, 3.05) is 0 Å². The maximum atomic E-state index is 5.54. The molecule has 53 heavy (non-hydrogen) atoms. The fourth-order valence-electron chi connectivity index (χ4n) is 9.06. The molecule has 0 bridgehead atoms. The third-order valence-electron chi connectivity index (χ3n) is 11.5. The first-order valence-electron chi connectivity index (χ1n) is 18.9. The summed E-state index contributed by atoms with van der Waals surface area (Å²) in [6, 6.07) is 40.1. The van der Waals surface area contributed by atoms with E-state index in [-0.39, 0.29) is 5.41 Å². The highest BCUT2D eigenvalue weighted by Crippen LogP contribution is 2.48. The molecule has 0 unspecified atom stereocenters. The first kappa shape index (κ1) is 31.5. The average molecular weight is 684 g/mol. The molecule has 256 valence electrons. The van der Waals surface area contributed by atoms with Crippen LogP contribution in [0.5, 0.6) is 0 Å². The van der Waals surface area contributed by atoms with E-state index in [1.807, 2.05) is 0 Å². The van der Waals surface area contributed by atoms with E-state index < -0.39 is 0 Å². The van der Waals surface area contributed by atoms with Crippen molar-refractivity contribution in [2.24, 2.45) is 0 Å². The summed E-state index contributed by atoms with van der Waals surface area (Å²) in [5.41, 5.74) is 12.2. The van der Waals surface area contributed by atoms with Crippen molar-refractivity contribution >= 4 is 71.7 Å². The van der Waals surface area contributed by atoms with Gasteiger partial charge < -0.3 is 4.57 Å². The van der Waals surface area contributed by atoms with Crippen LogP contribution in [0.3, 0.4) is 0 Å². The number of hydrogen-bond donors (Lipinski definition) is 0. The zero-order chi connectivity index (χ0) is 35.7. The Morgan fingerprint density at radius 3 is 2.26 bits per heavy atom. The van der Waals surface area contributed by atoms with Gasteiger partial charge in [0.1, 0.15) is 5.82 Å². The van der Waals surface area contributed by atoms with Crippen molar-refractivity contribution < 1.29 is 0 Å². The van der Waals surface area contributed by atoms with Gasteiger partial charge in [-0.2, -0.15) is 0 Å². The Morgan fingerprint density at radius 1 is 0.717 bits per heavy atom. The number of benzene rings is 6. The lowest BCUT2D eigenvalue weighted by Gasteiger charge is -2.35. The van der Waals surface area contributed by atoms with Gasteiger partial charge in [-0.3, -0.25) is 4.57 Å². The van der Waals surface area contributed by atoms with Gasteiger partial charge in [-0.1, -0.05) is 141 Å². The Morgan fingerprint density at radius 2 is 1.43 bits per heavy atom. The summed E-state index contributed by atoms with van der Waals surface area (Å²) in [5, 5.41) is 7.50. The van der Waals surface area contributed by atoms with E-state index >= 15 is 0 Å². The molecule has 6 aromatic carbocycles. The van der Waals surface area contributed by atoms with Crippen LogP contribution in [0.25, 0.3) is 77.4 Å². The Labute approximate surface area is 310 Å². The molecule has 0 fully saturated rings. The van der Waals surface area contributed by atoms with Crippen molar-refractivity contribution in [1.29, 1.82) is 0 Å². The fourth-order valence-corrected chi connectivity index (χ4v) is 9.06. The van der Waals surface area contributed by atoms with Crippen LogP contribution in [0, 0.1) is 0 Å². The maximum Gasteiger partial charge on any atom is 0.145 e. The molecule has 0 radical (unpaired) electrons. The van der Waals surface area contributed by atoms with E-state index in [1.54, 1.807) is 0 Å². The van der Waals surface area contributed by atoms with Crippen LogP contribution >= 0.6 is 0 Å². The number of hydrogen-bond acceptors (Lipinski definition) is 1. The van der Waals surface area contributed by atoms with Crippen LogP contribution in [-0.4, -0.2) is 14.1 Å². The van der Waals surface area contributed by atoms with Crippen molar-refractivity contribution in [3.05, 3.63) is 174 Å². The molecular formula is C50H41N3. The minimum Gasteiger partial charge on any atom is -0.309 e. The van der Waals surface area contributed by atoms with E-state index in [0.717, 1.165) is 36.2 Å². The van der Waals surface area contributed by atoms with Gasteiger partial charge in [-0.25, -0.2) is 4.98 Å². The summed E-state index contributed by atoms with van der Waals surface area (Å²) in [5.74, 6) is 0.970. The highest BCUT2D eigenvalue weighted by atomic mass is 15.1. The molecule has 0 N–H and O–H groups in total. The SMILES string of the molecule is C\C=C/C(=C\C=C\c1cc2c3c(c1)c1ccccc1n3-c1ccccc1C2(C)C)c1nc2c3ccccc3c3ccccc3c2n1C1=CC=CCCC1. The van der Waals surface area contributed by atoms with E-state index in [1.165, 1.54) is 76.9 Å². The van der Waals surface area contributed by atoms with Crippen molar-refractivity contribution in [1.82, 2.24) is 14.1 Å². The lowest BCUT2D eigenvalue weighted by atomic mass is 9.74. The summed E-state index contributed by atoms with van der Waals surface area (Å²) in [6.45, 7) is 6.83. The van der Waals surface area contributed by atoms with Crippen molar-refractivity contribution in [2.45, 2.75) is 45.4 Å². The van der Waals surface area contributed by atoms with E-state index in [4.69, 9.17) is 4.98 Å². The molecule has 1 aliphatic carbocycles. The molecule has 0 atom stereocenters. The molecule has 0 amide bonds. The van der Waals surface area contributed by atoms with Crippen LogP contribution in [-0.2, 0) is 5.41 Å². The number of allylic oxidation sites excluding steroid dienone is 9. The van der Waals surface area contributed by atoms with E-state index in [0.29, 0.717) is 0 Å². The molecule has 2 aliphatic rings. The molecule has 3 heterocycles. The van der Waals surface area contributed by atoms with Crippen molar-refractivity contribution in [3.63, 3.8) is 0 Å². The van der Waals surface area contributed by atoms with Gasteiger partial charge in [0, 0.05) is 38.2 Å². The Hall–Kier alpha value is -6.19. The maximum absolute atomic E-state index is 5.54. The van der Waals surface area contributed by atoms with Gasteiger partial charge in [0.2, 0.25) is 0 Å². The van der Waals surface area contributed by atoms with Gasteiger partial charge in [0.15, 0.2) is 0 Å². The summed E-state index contributed by atoms with van der Waals surface area (Å²) >= 11 is 0. The third kappa shape index (κ3) is 4.77. The first-order chi connectivity index (χ1) is 26.0. The van der Waals surface area contributed by atoms with E-state index in [2.05, 4.69) is 188 Å². The second kappa shape index (κ2) is 12.2. The molecule has 3 heteroatoms. The predicted molar refractivity (Wildman–Crippen MR) is 227 cm³/mol. The summed E-state index contributed by atoms with van der Waals surface area (Å²) < 4.78 is 4.93. The molecule has 3 nitrogen and oxygen atoms in total. The lowest BCUT2D eigenvalue weighted by Crippen LogP contribution is -2.26. The summed E-state index contributed by atoms with van der Waals surface area (Å²) in [4.78, 5) is 5.54. The molecular weight excluding hydrogens is 643 g/mol. The predicted octanol–water partition coefficient (Wildman–Crippen LogP) is 13.3. The summed E-state index contributed by atoms with van der Waals surface area (Å²) in [7, 11) is 0. The molecule has 0 saturated carbocycles. The zero-order valence-electron chi connectivity index (χ0n) is 30.5. The monoisotopic (exact) mass is 683 g/mol. The number of rotatable bonds is 5. The zero-order valence-corrected chi connectivity index (χ0v) is 30.5.